The third-order valence-corrected chi connectivity index (χ3v) is 2.71. The number of nitrogens with one attached hydrogen (secondary N) is 1. The number of hydrogen-bond donors (Lipinski definition) is 2. The number of carboxylic acid groups (broad SMARTS) is 1. The number of aryl methyl sites for hydroxylation is 1. The van der Waals surface area contributed by atoms with Crippen molar-refractivity contribution in [2.75, 3.05) is 5.32 Å². The fraction of sp³-hybridized carbons (Fsp3) is 0.0833. The Labute approximate surface area is 108 Å². The maximum Gasteiger partial charge on any atom is 0.354 e. The summed E-state index contributed by atoms with van der Waals surface area (Å²) in [6.45, 7) is 1.90. The Morgan fingerprint density at radius 2 is 2.17 bits per heavy atom. The summed E-state index contributed by atoms with van der Waals surface area (Å²) in [5.41, 5.74) is 1.60. The van der Waals surface area contributed by atoms with E-state index in [0.29, 0.717) is 10.7 Å². The zero-order chi connectivity index (χ0) is 13.1. The minimum absolute atomic E-state index is 0.0642. The van der Waals surface area contributed by atoms with Gasteiger partial charge in [0.25, 0.3) is 0 Å². The Hall–Kier alpha value is -2.14. The van der Waals surface area contributed by atoms with Gasteiger partial charge in [-0.1, -0.05) is 17.7 Å². The number of carbonyl (C=O) groups is 1. The zero-order valence-electron chi connectivity index (χ0n) is 9.51. The molecule has 2 N–H and O–H groups in total. The van der Waals surface area contributed by atoms with E-state index in [-0.39, 0.29) is 11.6 Å². The molecule has 0 atom stereocenters. The molecule has 0 spiro atoms. The lowest BCUT2D eigenvalue weighted by Crippen LogP contribution is -2.04. The second kappa shape index (κ2) is 5.01. The van der Waals surface area contributed by atoms with Gasteiger partial charge in [-0.25, -0.2) is 14.8 Å². The van der Waals surface area contributed by atoms with Crippen molar-refractivity contribution in [1.29, 1.82) is 0 Å². The van der Waals surface area contributed by atoms with Crippen LogP contribution in [0.3, 0.4) is 0 Å². The highest BCUT2D eigenvalue weighted by Crippen LogP contribution is 2.21. The molecule has 0 radical (unpaired) electrons. The number of anilines is 2. The van der Waals surface area contributed by atoms with Gasteiger partial charge in [-0.15, -0.1) is 0 Å². The number of aromatic nitrogens is 2. The van der Waals surface area contributed by atoms with E-state index in [1.165, 1.54) is 12.3 Å². The van der Waals surface area contributed by atoms with E-state index < -0.39 is 5.97 Å². The molecule has 0 bridgehead atoms. The van der Waals surface area contributed by atoms with Gasteiger partial charge < -0.3 is 10.4 Å². The molecule has 0 unspecified atom stereocenters. The lowest BCUT2D eigenvalue weighted by atomic mass is 10.2. The molecular formula is C12H10ClN3O2. The van der Waals surface area contributed by atoms with Gasteiger partial charge >= 0.3 is 5.97 Å². The Morgan fingerprint density at radius 3 is 2.83 bits per heavy atom. The van der Waals surface area contributed by atoms with Crippen molar-refractivity contribution in [2.24, 2.45) is 0 Å². The topological polar surface area (TPSA) is 75.1 Å². The van der Waals surface area contributed by atoms with Crippen LogP contribution in [0.1, 0.15) is 16.1 Å². The SMILES string of the molecule is Cc1ccc(Nc2nccc(C(=O)O)n2)cc1Cl. The Bertz CT molecular complexity index is 602. The molecule has 0 amide bonds. The molecule has 6 heteroatoms. The molecule has 1 aromatic carbocycles. The molecule has 5 nitrogen and oxygen atoms in total. The monoisotopic (exact) mass is 263 g/mol. The summed E-state index contributed by atoms with van der Waals surface area (Å²) >= 11 is 5.99. The van der Waals surface area contributed by atoms with Crippen LogP contribution in [0.2, 0.25) is 5.02 Å². The first-order chi connectivity index (χ1) is 8.56. The van der Waals surface area contributed by atoms with Gasteiger partial charge in [-0.2, -0.15) is 0 Å². The normalized spacial score (nSPS) is 10.1. The molecule has 2 aromatic rings. The van der Waals surface area contributed by atoms with Gasteiger partial charge in [0.15, 0.2) is 5.69 Å². The van der Waals surface area contributed by atoms with Crippen LogP contribution in [0.5, 0.6) is 0 Å². The maximum atomic E-state index is 10.8. The van der Waals surface area contributed by atoms with E-state index in [4.69, 9.17) is 16.7 Å². The second-order valence-electron chi connectivity index (χ2n) is 3.66. The lowest BCUT2D eigenvalue weighted by Gasteiger charge is -2.06. The summed E-state index contributed by atoms with van der Waals surface area (Å²) in [4.78, 5) is 18.6. The Kier molecular flexibility index (Phi) is 3.43. The molecule has 0 aliphatic carbocycles. The van der Waals surface area contributed by atoms with E-state index in [1.807, 2.05) is 19.1 Å². The van der Waals surface area contributed by atoms with Crippen molar-refractivity contribution in [2.45, 2.75) is 6.92 Å². The van der Waals surface area contributed by atoms with Crippen molar-refractivity contribution in [3.05, 3.63) is 46.7 Å². The summed E-state index contributed by atoms with van der Waals surface area (Å²) in [6.07, 6.45) is 1.38. The Balaban J connectivity index is 2.25. The summed E-state index contributed by atoms with van der Waals surface area (Å²) in [7, 11) is 0. The molecule has 0 aliphatic rings. The van der Waals surface area contributed by atoms with Crippen molar-refractivity contribution < 1.29 is 9.90 Å². The molecule has 92 valence electrons. The summed E-state index contributed by atoms with van der Waals surface area (Å²) in [5.74, 6) is -0.878. The van der Waals surface area contributed by atoms with Crippen molar-refractivity contribution in [3.63, 3.8) is 0 Å². The van der Waals surface area contributed by atoms with E-state index in [9.17, 15) is 4.79 Å². The number of nitrogens with zero attached hydrogens (tertiary/aromatic N) is 2. The van der Waals surface area contributed by atoms with E-state index in [1.54, 1.807) is 6.07 Å². The number of halogens is 1. The van der Waals surface area contributed by atoms with Crippen molar-refractivity contribution in [3.8, 4) is 0 Å². The highest BCUT2D eigenvalue weighted by molar-refractivity contribution is 6.31. The van der Waals surface area contributed by atoms with Gasteiger partial charge in [-0.05, 0) is 30.7 Å². The zero-order valence-corrected chi connectivity index (χ0v) is 10.3. The van der Waals surface area contributed by atoms with Crippen LogP contribution in [-0.2, 0) is 0 Å². The molecule has 0 aliphatic heterocycles. The second-order valence-corrected chi connectivity index (χ2v) is 4.07. The molecule has 1 aromatic heterocycles. The average molecular weight is 264 g/mol. The van der Waals surface area contributed by atoms with Crippen LogP contribution >= 0.6 is 11.6 Å². The minimum atomic E-state index is -1.10. The molecule has 1 heterocycles. The van der Waals surface area contributed by atoms with Gasteiger partial charge in [0.1, 0.15) is 0 Å². The molecule has 18 heavy (non-hydrogen) atoms. The highest BCUT2D eigenvalue weighted by Gasteiger charge is 2.06. The smallest absolute Gasteiger partial charge is 0.354 e. The average Bonchev–Trinajstić information content (AvgIpc) is 2.34. The summed E-state index contributed by atoms with van der Waals surface area (Å²) in [6, 6.07) is 6.73. The van der Waals surface area contributed by atoms with Crippen molar-refractivity contribution >= 4 is 29.2 Å². The molecule has 2 rings (SSSR count). The number of rotatable bonds is 3. The van der Waals surface area contributed by atoms with Crippen LogP contribution in [-0.4, -0.2) is 21.0 Å². The predicted molar refractivity (Wildman–Crippen MR) is 68.5 cm³/mol. The lowest BCUT2D eigenvalue weighted by molar-refractivity contribution is 0.0690. The minimum Gasteiger partial charge on any atom is -0.477 e. The van der Waals surface area contributed by atoms with Gasteiger partial charge in [0.2, 0.25) is 5.95 Å². The molecular weight excluding hydrogens is 254 g/mol. The fourth-order valence-electron chi connectivity index (χ4n) is 1.34. The number of hydrogen-bond acceptors (Lipinski definition) is 4. The number of carboxylic acids is 1. The molecule has 0 saturated carbocycles. The molecule has 0 fully saturated rings. The van der Waals surface area contributed by atoms with Gasteiger partial charge in [-0.3, -0.25) is 0 Å². The van der Waals surface area contributed by atoms with Gasteiger partial charge in [0.05, 0.1) is 0 Å². The van der Waals surface area contributed by atoms with Crippen LogP contribution in [0.15, 0.2) is 30.5 Å². The van der Waals surface area contributed by atoms with Crippen molar-refractivity contribution in [1.82, 2.24) is 9.97 Å². The Morgan fingerprint density at radius 1 is 1.39 bits per heavy atom. The highest BCUT2D eigenvalue weighted by atomic mass is 35.5. The fourth-order valence-corrected chi connectivity index (χ4v) is 1.52. The third-order valence-electron chi connectivity index (χ3n) is 2.30. The van der Waals surface area contributed by atoms with Crippen LogP contribution in [0.4, 0.5) is 11.6 Å². The summed E-state index contributed by atoms with van der Waals surface area (Å²) < 4.78 is 0. The predicted octanol–water partition coefficient (Wildman–Crippen LogP) is 2.88. The van der Waals surface area contributed by atoms with Crippen LogP contribution < -0.4 is 5.32 Å². The first-order valence-corrected chi connectivity index (χ1v) is 5.53. The first-order valence-electron chi connectivity index (χ1n) is 5.16. The van der Waals surface area contributed by atoms with Gasteiger partial charge in [0, 0.05) is 16.9 Å². The van der Waals surface area contributed by atoms with Crippen LogP contribution in [0.25, 0.3) is 0 Å². The molecule has 0 saturated heterocycles. The maximum absolute atomic E-state index is 10.8. The first kappa shape index (κ1) is 12.3. The number of benzene rings is 1. The standard InChI is InChI=1S/C12H10ClN3O2/c1-7-2-3-8(6-9(7)13)15-12-14-5-4-10(16-12)11(17)18/h2-6H,1H3,(H,17,18)(H,14,15,16). The van der Waals surface area contributed by atoms with Crippen LogP contribution in [0, 0.1) is 6.92 Å². The third kappa shape index (κ3) is 2.75. The summed E-state index contributed by atoms with van der Waals surface area (Å²) in [5, 5.41) is 12.3. The largest absolute Gasteiger partial charge is 0.477 e. The van der Waals surface area contributed by atoms with E-state index >= 15 is 0 Å². The van der Waals surface area contributed by atoms with E-state index in [0.717, 1.165) is 5.56 Å². The number of aromatic carboxylic acids is 1. The quantitative estimate of drug-likeness (QED) is 0.891. The van der Waals surface area contributed by atoms with E-state index in [2.05, 4.69) is 15.3 Å².